The predicted molar refractivity (Wildman–Crippen MR) is 207 cm³/mol. The molecule has 2 heterocycles. The third-order valence-electron chi connectivity index (χ3n) is 9.53. The van der Waals surface area contributed by atoms with Gasteiger partial charge in [0.2, 0.25) is 0 Å². The van der Waals surface area contributed by atoms with Crippen LogP contribution in [0.15, 0.2) is 164 Å². The summed E-state index contributed by atoms with van der Waals surface area (Å²) in [7, 11) is 0. The number of nitrogens with zero attached hydrogens (tertiary/aromatic N) is 3. The van der Waals surface area contributed by atoms with Gasteiger partial charge in [0, 0.05) is 36.9 Å². The van der Waals surface area contributed by atoms with Crippen molar-refractivity contribution < 1.29 is 0 Å². The molecule has 0 amide bonds. The van der Waals surface area contributed by atoms with Crippen LogP contribution in [0.1, 0.15) is 0 Å². The van der Waals surface area contributed by atoms with Gasteiger partial charge in [0.15, 0.2) is 17.5 Å². The molecule has 0 saturated heterocycles. The Labute approximate surface area is 286 Å². The molecule has 8 aromatic carbocycles. The molecule has 3 nitrogen and oxygen atoms in total. The average molecular weight is 642 g/mol. The highest BCUT2D eigenvalue weighted by molar-refractivity contribution is 7.26. The zero-order valence-electron chi connectivity index (χ0n) is 26.3. The Bertz CT molecular complexity index is 2870. The molecular formula is C45H27N3S. The van der Waals surface area contributed by atoms with E-state index in [9.17, 15) is 0 Å². The van der Waals surface area contributed by atoms with Gasteiger partial charge in [-0.25, -0.2) is 15.0 Å². The van der Waals surface area contributed by atoms with Crippen LogP contribution in [0.25, 0.3) is 97.8 Å². The van der Waals surface area contributed by atoms with Crippen LogP contribution < -0.4 is 0 Å². The van der Waals surface area contributed by atoms with E-state index in [2.05, 4.69) is 158 Å². The van der Waals surface area contributed by atoms with Crippen molar-refractivity contribution in [1.29, 1.82) is 0 Å². The monoisotopic (exact) mass is 641 g/mol. The summed E-state index contributed by atoms with van der Waals surface area (Å²) in [6, 6.07) is 58.0. The normalized spacial score (nSPS) is 11.7. The maximum Gasteiger partial charge on any atom is 0.165 e. The number of hydrogen-bond acceptors (Lipinski definition) is 4. The summed E-state index contributed by atoms with van der Waals surface area (Å²) in [6.07, 6.45) is 0. The van der Waals surface area contributed by atoms with Gasteiger partial charge in [-0.2, -0.15) is 0 Å². The first kappa shape index (κ1) is 27.8. The van der Waals surface area contributed by atoms with Gasteiger partial charge in [0.25, 0.3) is 0 Å². The van der Waals surface area contributed by atoms with Crippen molar-refractivity contribution >= 4 is 63.8 Å². The fourth-order valence-electron chi connectivity index (χ4n) is 7.09. The molecule has 0 fully saturated rings. The zero-order valence-corrected chi connectivity index (χ0v) is 27.2. The van der Waals surface area contributed by atoms with Crippen molar-refractivity contribution in [3.63, 3.8) is 0 Å². The smallest absolute Gasteiger partial charge is 0.165 e. The van der Waals surface area contributed by atoms with E-state index in [0.717, 1.165) is 27.6 Å². The van der Waals surface area contributed by atoms with E-state index in [-0.39, 0.29) is 0 Å². The van der Waals surface area contributed by atoms with Gasteiger partial charge >= 0.3 is 0 Å². The molecule has 49 heavy (non-hydrogen) atoms. The van der Waals surface area contributed by atoms with Crippen molar-refractivity contribution in [2.75, 3.05) is 0 Å². The van der Waals surface area contributed by atoms with Crippen LogP contribution in [-0.4, -0.2) is 15.0 Å². The van der Waals surface area contributed by atoms with Gasteiger partial charge in [-0.05, 0) is 61.6 Å². The van der Waals surface area contributed by atoms with Crippen LogP contribution in [0.4, 0.5) is 0 Å². The molecule has 10 aromatic rings. The Morgan fingerprint density at radius 2 is 0.898 bits per heavy atom. The summed E-state index contributed by atoms with van der Waals surface area (Å²) in [4.78, 5) is 15.4. The molecule has 0 radical (unpaired) electrons. The second kappa shape index (κ2) is 11.2. The van der Waals surface area contributed by atoms with E-state index < -0.39 is 0 Å². The van der Waals surface area contributed by atoms with E-state index in [4.69, 9.17) is 15.0 Å². The quantitative estimate of drug-likeness (QED) is 0.180. The Morgan fingerprint density at radius 1 is 0.327 bits per heavy atom. The highest BCUT2D eigenvalue weighted by atomic mass is 32.1. The summed E-state index contributed by atoms with van der Waals surface area (Å²) < 4.78 is 2.44. The van der Waals surface area contributed by atoms with E-state index in [1.165, 1.54) is 52.7 Å². The predicted octanol–water partition coefficient (Wildman–Crippen LogP) is 12.4. The van der Waals surface area contributed by atoms with Crippen LogP contribution >= 0.6 is 11.3 Å². The highest BCUT2D eigenvalue weighted by Crippen LogP contribution is 2.40. The largest absolute Gasteiger partial charge is 0.208 e. The molecule has 0 spiro atoms. The van der Waals surface area contributed by atoms with Crippen LogP contribution in [0, 0.1) is 0 Å². The third kappa shape index (κ3) is 4.68. The van der Waals surface area contributed by atoms with Crippen molar-refractivity contribution in [3.8, 4) is 45.3 Å². The number of benzene rings is 8. The van der Waals surface area contributed by atoms with Gasteiger partial charge in [-0.1, -0.05) is 146 Å². The minimum absolute atomic E-state index is 0.655. The Morgan fingerprint density at radius 3 is 1.73 bits per heavy atom. The van der Waals surface area contributed by atoms with Crippen LogP contribution in [0.5, 0.6) is 0 Å². The van der Waals surface area contributed by atoms with Crippen LogP contribution in [0.3, 0.4) is 0 Å². The maximum absolute atomic E-state index is 5.18. The van der Waals surface area contributed by atoms with E-state index in [1.54, 1.807) is 11.3 Å². The molecule has 4 heteroatoms. The van der Waals surface area contributed by atoms with E-state index >= 15 is 0 Å². The fourth-order valence-corrected chi connectivity index (χ4v) is 8.30. The number of hydrogen-bond donors (Lipinski definition) is 0. The van der Waals surface area contributed by atoms with Gasteiger partial charge in [-0.15, -0.1) is 11.3 Å². The second-order valence-electron chi connectivity index (χ2n) is 12.4. The molecule has 0 unspecified atom stereocenters. The van der Waals surface area contributed by atoms with Crippen molar-refractivity contribution in [3.05, 3.63) is 164 Å². The molecule has 2 aromatic heterocycles. The lowest BCUT2D eigenvalue weighted by atomic mass is 9.96. The first-order valence-electron chi connectivity index (χ1n) is 16.4. The second-order valence-corrected chi connectivity index (χ2v) is 13.5. The molecule has 0 atom stereocenters. The third-order valence-corrected chi connectivity index (χ3v) is 10.8. The first-order chi connectivity index (χ1) is 24.3. The zero-order chi connectivity index (χ0) is 32.3. The minimum Gasteiger partial charge on any atom is -0.208 e. The van der Waals surface area contributed by atoms with Crippen molar-refractivity contribution in [2.45, 2.75) is 0 Å². The Hall–Kier alpha value is -6.23. The minimum atomic E-state index is 0.655. The van der Waals surface area contributed by atoms with Gasteiger partial charge in [-0.3, -0.25) is 0 Å². The fraction of sp³-hybridized carbons (Fsp3) is 0. The summed E-state index contributed by atoms with van der Waals surface area (Å²) in [6.45, 7) is 0. The van der Waals surface area contributed by atoms with Gasteiger partial charge in [0.05, 0.1) is 0 Å². The number of thiophene rings is 1. The maximum atomic E-state index is 5.18. The van der Waals surface area contributed by atoms with Gasteiger partial charge < -0.3 is 0 Å². The summed E-state index contributed by atoms with van der Waals surface area (Å²) in [5.74, 6) is 1.99. The molecule has 0 aliphatic rings. The number of aromatic nitrogens is 3. The molecule has 0 aliphatic carbocycles. The van der Waals surface area contributed by atoms with E-state index in [1.807, 2.05) is 6.07 Å². The molecule has 0 aliphatic heterocycles. The molecule has 228 valence electrons. The lowest BCUT2D eigenvalue weighted by molar-refractivity contribution is 1.08. The Kier molecular flexibility index (Phi) is 6.36. The Balaban J connectivity index is 1.16. The molecular weight excluding hydrogens is 615 g/mol. The van der Waals surface area contributed by atoms with Crippen molar-refractivity contribution in [1.82, 2.24) is 15.0 Å². The van der Waals surface area contributed by atoms with Crippen LogP contribution in [0.2, 0.25) is 0 Å². The molecule has 10 rings (SSSR count). The van der Waals surface area contributed by atoms with Crippen molar-refractivity contribution in [2.24, 2.45) is 0 Å². The SMILES string of the molecule is c1ccc(-c2ccc(-c3nc(-c4ccc5c(ccc6c7ccccc7ccc56)c4)nc(-c4cccc5c4sc4ccccc45)n3)cc2)cc1. The lowest BCUT2D eigenvalue weighted by Gasteiger charge is -2.11. The first-order valence-corrected chi connectivity index (χ1v) is 17.3. The molecule has 0 bridgehead atoms. The summed E-state index contributed by atoms with van der Waals surface area (Å²) in [5.41, 5.74) is 5.26. The van der Waals surface area contributed by atoms with E-state index in [0.29, 0.717) is 17.5 Å². The van der Waals surface area contributed by atoms with Gasteiger partial charge in [0.1, 0.15) is 0 Å². The number of rotatable bonds is 4. The average Bonchev–Trinajstić information content (AvgIpc) is 3.57. The molecule has 0 saturated carbocycles. The number of fused-ring (bicyclic) bond motifs is 8. The lowest BCUT2D eigenvalue weighted by Crippen LogP contribution is -2.00. The topological polar surface area (TPSA) is 38.7 Å². The highest BCUT2D eigenvalue weighted by Gasteiger charge is 2.17. The summed E-state index contributed by atoms with van der Waals surface area (Å²) >= 11 is 1.79. The summed E-state index contributed by atoms with van der Waals surface area (Å²) in [5, 5.41) is 9.88. The standard InChI is InChI=1S/C45H27N3S/c1-2-9-28(10-3-1)29-17-19-31(20-18-29)43-46-44(48-45(47-43)40-15-8-14-39-38-13-6-7-16-41(38)49-42(39)40)33-23-24-35-32(27-33)22-26-36-34-12-5-4-11-30(34)21-25-37(35)36/h1-27H. The van der Waals surface area contributed by atoms with Crippen LogP contribution in [-0.2, 0) is 0 Å². The molecule has 0 N–H and O–H groups in total.